The molecule has 0 amide bonds. The van der Waals surface area contributed by atoms with Crippen LogP contribution in [0.5, 0.6) is 0 Å². The van der Waals surface area contributed by atoms with Crippen molar-refractivity contribution in [2.75, 3.05) is 0 Å². The van der Waals surface area contributed by atoms with E-state index in [0.29, 0.717) is 0 Å². The van der Waals surface area contributed by atoms with Crippen LogP contribution in [-0.4, -0.2) is 9.55 Å². The van der Waals surface area contributed by atoms with E-state index in [9.17, 15) is 0 Å². The predicted molar refractivity (Wildman–Crippen MR) is 79.5 cm³/mol. The zero-order valence-corrected chi connectivity index (χ0v) is 12.2. The van der Waals surface area contributed by atoms with E-state index in [2.05, 4.69) is 22.5 Å². The fourth-order valence-corrected chi connectivity index (χ4v) is 4.09. The number of nitrogens with zero attached hydrogens (tertiary/aromatic N) is 2. The van der Waals surface area contributed by atoms with Gasteiger partial charge in [0.05, 0.1) is 6.04 Å². The van der Waals surface area contributed by atoms with E-state index in [1.807, 2.05) is 23.7 Å². The lowest BCUT2D eigenvalue weighted by Gasteiger charge is -2.11. The van der Waals surface area contributed by atoms with Crippen molar-refractivity contribution in [1.82, 2.24) is 9.55 Å². The molecule has 4 heteroatoms. The van der Waals surface area contributed by atoms with Gasteiger partial charge in [-0.3, -0.25) is 0 Å². The molecule has 1 unspecified atom stereocenters. The summed E-state index contributed by atoms with van der Waals surface area (Å²) in [6.07, 6.45) is 10.3. The quantitative estimate of drug-likeness (QED) is 0.874. The Morgan fingerprint density at radius 2 is 2.21 bits per heavy atom. The van der Waals surface area contributed by atoms with Crippen LogP contribution in [0.4, 0.5) is 0 Å². The minimum absolute atomic E-state index is 0.0770. The van der Waals surface area contributed by atoms with Crippen molar-refractivity contribution in [2.45, 2.75) is 51.6 Å². The highest BCUT2D eigenvalue weighted by molar-refractivity contribution is 7.12. The first kappa shape index (κ1) is 12.9. The lowest BCUT2D eigenvalue weighted by atomic mass is 10.1. The van der Waals surface area contributed by atoms with Crippen LogP contribution in [0.2, 0.25) is 0 Å². The smallest absolute Gasteiger partial charge is 0.131 e. The number of nitrogens with two attached hydrogens (primary N) is 1. The molecule has 0 aliphatic heterocycles. The molecule has 0 spiro atoms. The fraction of sp³-hybridized carbons (Fsp3) is 0.533. The molecule has 1 aliphatic rings. The average molecular weight is 275 g/mol. The predicted octanol–water partition coefficient (Wildman–Crippen LogP) is 3.28. The van der Waals surface area contributed by atoms with Crippen LogP contribution in [0.25, 0.3) is 0 Å². The number of thiophene rings is 1. The molecule has 2 N–H and O–H groups in total. The lowest BCUT2D eigenvalue weighted by Crippen LogP contribution is -2.16. The van der Waals surface area contributed by atoms with E-state index in [-0.39, 0.29) is 6.04 Å². The maximum absolute atomic E-state index is 6.42. The first-order valence-electron chi connectivity index (χ1n) is 7.17. The van der Waals surface area contributed by atoms with E-state index in [4.69, 9.17) is 5.73 Å². The van der Waals surface area contributed by atoms with Gasteiger partial charge in [0.15, 0.2) is 0 Å². The van der Waals surface area contributed by atoms with Gasteiger partial charge in [-0.2, -0.15) is 0 Å². The number of hydrogen-bond donors (Lipinski definition) is 1. The summed E-state index contributed by atoms with van der Waals surface area (Å²) in [5, 5.41) is 0. The number of aromatic nitrogens is 2. The standard InChI is InChI=1S/C15H21N3S/c1-2-18-9-8-17-15(18)14(16)13-10-11-6-4-3-5-7-12(11)19-13/h8-10,14H,2-7,16H2,1H3. The number of aryl methyl sites for hydroxylation is 3. The van der Waals surface area contributed by atoms with Gasteiger partial charge in [-0.15, -0.1) is 11.3 Å². The zero-order chi connectivity index (χ0) is 13.2. The number of hydrogen-bond acceptors (Lipinski definition) is 3. The maximum atomic E-state index is 6.42. The Bertz CT molecular complexity index is 532. The summed E-state index contributed by atoms with van der Waals surface area (Å²) < 4.78 is 2.13. The van der Waals surface area contributed by atoms with Gasteiger partial charge in [-0.05, 0) is 44.2 Å². The molecule has 0 radical (unpaired) electrons. The van der Waals surface area contributed by atoms with Crippen molar-refractivity contribution in [3.05, 3.63) is 39.6 Å². The molecular formula is C15H21N3S. The van der Waals surface area contributed by atoms with Crippen LogP contribution in [-0.2, 0) is 19.4 Å². The number of rotatable bonds is 3. The van der Waals surface area contributed by atoms with Crippen molar-refractivity contribution in [3.63, 3.8) is 0 Å². The Kier molecular flexibility index (Phi) is 3.71. The highest BCUT2D eigenvalue weighted by Gasteiger charge is 2.19. The van der Waals surface area contributed by atoms with Gasteiger partial charge in [0, 0.05) is 28.7 Å². The van der Waals surface area contributed by atoms with Crippen molar-refractivity contribution in [1.29, 1.82) is 0 Å². The van der Waals surface area contributed by atoms with Crippen LogP contribution in [0.3, 0.4) is 0 Å². The lowest BCUT2D eigenvalue weighted by molar-refractivity contribution is 0.661. The Morgan fingerprint density at radius 3 is 3.05 bits per heavy atom. The van der Waals surface area contributed by atoms with Gasteiger partial charge in [0.1, 0.15) is 5.82 Å². The summed E-state index contributed by atoms with van der Waals surface area (Å²) in [7, 11) is 0. The monoisotopic (exact) mass is 275 g/mol. The van der Waals surface area contributed by atoms with E-state index >= 15 is 0 Å². The molecule has 0 aromatic carbocycles. The third kappa shape index (κ3) is 2.47. The van der Waals surface area contributed by atoms with E-state index in [1.165, 1.54) is 42.5 Å². The maximum Gasteiger partial charge on any atom is 0.131 e. The van der Waals surface area contributed by atoms with Crippen molar-refractivity contribution < 1.29 is 0 Å². The Morgan fingerprint density at radius 1 is 1.37 bits per heavy atom. The molecule has 102 valence electrons. The second kappa shape index (κ2) is 5.47. The highest BCUT2D eigenvalue weighted by Crippen LogP contribution is 2.33. The zero-order valence-electron chi connectivity index (χ0n) is 11.4. The van der Waals surface area contributed by atoms with Gasteiger partial charge in [-0.1, -0.05) is 6.42 Å². The molecular weight excluding hydrogens is 254 g/mol. The molecule has 1 atom stereocenters. The molecule has 3 nitrogen and oxygen atoms in total. The molecule has 0 saturated heterocycles. The topological polar surface area (TPSA) is 43.8 Å². The van der Waals surface area contributed by atoms with E-state index in [0.717, 1.165) is 12.4 Å². The summed E-state index contributed by atoms with van der Waals surface area (Å²) in [5.41, 5.74) is 7.95. The Labute approximate surface area is 118 Å². The largest absolute Gasteiger partial charge is 0.334 e. The van der Waals surface area contributed by atoms with Gasteiger partial charge in [0.2, 0.25) is 0 Å². The molecule has 0 bridgehead atoms. The van der Waals surface area contributed by atoms with Crippen molar-refractivity contribution in [2.24, 2.45) is 5.73 Å². The van der Waals surface area contributed by atoms with Crippen molar-refractivity contribution >= 4 is 11.3 Å². The van der Waals surface area contributed by atoms with Gasteiger partial charge in [0.25, 0.3) is 0 Å². The molecule has 2 aromatic rings. The van der Waals surface area contributed by atoms with Crippen molar-refractivity contribution in [3.8, 4) is 0 Å². The van der Waals surface area contributed by atoms with E-state index in [1.54, 1.807) is 4.88 Å². The minimum atomic E-state index is -0.0770. The van der Waals surface area contributed by atoms with Gasteiger partial charge >= 0.3 is 0 Å². The number of fused-ring (bicyclic) bond motifs is 1. The van der Waals surface area contributed by atoms with E-state index < -0.39 is 0 Å². The van der Waals surface area contributed by atoms with Gasteiger partial charge < -0.3 is 10.3 Å². The third-order valence-electron chi connectivity index (χ3n) is 3.94. The molecule has 0 fully saturated rings. The van der Waals surface area contributed by atoms with Crippen LogP contribution < -0.4 is 5.73 Å². The van der Waals surface area contributed by atoms with Crippen LogP contribution in [0.15, 0.2) is 18.5 Å². The Balaban J connectivity index is 1.90. The van der Waals surface area contributed by atoms with Crippen LogP contribution in [0.1, 0.15) is 53.4 Å². The molecule has 0 saturated carbocycles. The summed E-state index contributed by atoms with van der Waals surface area (Å²) >= 11 is 1.90. The average Bonchev–Trinajstić information content (AvgIpc) is 3.00. The molecule has 2 heterocycles. The molecule has 1 aliphatic carbocycles. The Hall–Kier alpha value is -1.13. The fourth-order valence-electron chi connectivity index (χ4n) is 2.84. The first-order chi connectivity index (χ1) is 9.29. The van der Waals surface area contributed by atoms with Gasteiger partial charge in [-0.25, -0.2) is 4.98 Å². The molecule has 3 rings (SSSR count). The first-order valence-corrected chi connectivity index (χ1v) is 7.99. The normalized spacial score (nSPS) is 16.9. The molecule has 19 heavy (non-hydrogen) atoms. The summed E-state index contributed by atoms with van der Waals surface area (Å²) in [6, 6.07) is 2.25. The summed E-state index contributed by atoms with van der Waals surface area (Å²) in [5.74, 6) is 0.985. The second-order valence-corrected chi connectivity index (χ2v) is 6.38. The SMILES string of the molecule is CCn1ccnc1C(N)c1cc2c(s1)CCCCC2. The summed E-state index contributed by atoms with van der Waals surface area (Å²) in [4.78, 5) is 7.26. The summed E-state index contributed by atoms with van der Waals surface area (Å²) in [6.45, 7) is 3.05. The second-order valence-electron chi connectivity index (χ2n) is 5.21. The van der Waals surface area contributed by atoms with Crippen LogP contribution in [0, 0.1) is 0 Å². The third-order valence-corrected chi connectivity index (χ3v) is 5.26. The molecule has 2 aromatic heterocycles. The van der Waals surface area contributed by atoms with Crippen LogP contribution >= 0.6 is 11.3 Å². The highest BCUT2D eigenvalue weighted by atomic mass is 32.1. The minimum Gasteiger partial charge on any atom is -0.334 e. The number of imidazole rings is 1.